The zero-order valence-electron chi connectivity index (χ0n) is 15.7. The molecule has 0 aliphatic heterocycles. The average Bonchev–Trinajstić information content (AvgIpc) is 3.12. The van der Waals surface area contributed by atoms with Crippen LogP contribution in [-0.2, 0) is 10.0 Å². The normalized spacial score (nSPS) is 11.2. The summed E-state index contributed by atoms with van der Waals surface area (Å²) in [4.78, 5) is 24.1. The first-order chi connectivity index (χ1) is 13.9. The molecule has 0 aliphatic carbocycles. The maximum absolute atomic E-state index is 12.5. The van der Waals surface area contributed by atoms with Gasteiger partial charge in [-0.1, -0.05) is 31.5 Å². The van der Waals surface area contributed by atoms with Gasteiger partial charge in [0.15, 0.2) is 5.69 Å². The molecule has 3 aromatic rings. The van der Waals surface area contributed by atoms with E-state index in [9.17, 15) is 18.0 Å². The second kappa shape index (κ2) is 8.74. The first-order valence-corrected chi connectivity index (χ1v) is 10.5. The van der Waals surface area contributed by atoms with Crippen LogP contribution in [0.2, 0.25) is 0 Å². The third-order valence-electron chi connectivity index (χ3n) is 4.15. The number of aromatic nitrogens is 2. The number of amides is 3. The lowest BCUT2D eigenvalue weighted by molar-refractivity contribution is 0.102. The van der Waals surface area contributed by atoms with Crippen LogP contribution in [0.25, 0.3) is 10.9 Å². The molecule has 0 unspecified atom stereocenters. The van der Waals surface area contributed by atoms with Crippen molar-refractivity contribution in [3.05, 3.63) is 54.2 Å². The van der Waals surface area contributed by atoms with E-state index in [1.54, 1.807) is 12.1 Å². The lowest BCUT2D eigenvalue weighted by atomic mass is 10.2. The van der Waals surface area contributed by atoms with Crippen molar-refractivity contribution in [3.63, 3.8) is 0 Å². The van der Waals surface area contributed by atoms with Crippen LogP contribution in [0.5, 0.6) is 0 Å². The predicted molar refractivity (Wildman–Crippen MR) is 109 cm³/mol. The highest BCUT2D eigenvalue weighted by atomic mass is 32.2. The Morgan fingerprint density at radius 2 is 1.79 bits per heavy atom. The van der Waals surface area contributed by atoms with E-state index >= 15 is 0 Å². The van der Waals surface area contributed by atoms with Crippen molar-refractivity contribution in [3.8, 4) is 0 Å². The van der Waals surface area contributed by atoms with Crippen molar-refractivity contribution < 1.29 is 18.0 Å². The Morgan fingerprint density at radius 1 is 1.07 bits per heavy atom. The standard InChI is InChI=1S/C19H21N5O4S/c1-2-3-12-20-19(26)24-29(27,28)14-10-8-13(9-11-14)21-18(25)17-15-6-4-5-7-16(15)22-23-17/h4-11H,2-3,12H2,1H3,(H,21,25)(H,22,23)(H2,20,24,26). The van der Waals surface area contributed by atoms with E-state index in [0.717, 1.165) is 18.4 Å². The molecule has 0 spiro atoms. The number of aromatic amines is 1. The van der Waals surface area contributed by atoms with Gasteiger partial charge in [0.1, 0.15) is 0 Å². The first-order valence-electron chi connectivity index (χ1n) is 9.06. The fourth-order valence-electron chi connectivity index (χ4n) is 2.64. The zero-order valence-corrected chi connectivity index (χ0v) is 16.5. The smallest absolute Gasteiger partial charge is 0.328 e. The minimum Gasteiger partial charge on any atom is -0.337 e. The molecule has 29 heavy (non-hydrogen) atoms. The Bertz CT molecular complexity index is 1120. The number of hydrogen-bond donors (Lipinski definition) is 4. The molecule has 152 valence electrons. The molecule has 3 rings (SSSR count). The molecule has 1 heterocycles. The van der Waals surface area contributed by atoms with Crippen molar-refractivity contribution in [1.29, 1.82) is 0 Å². The second-order valence-electron chi connectivity index (χ2n) is 6.31. The molecular formula is C19H21N5O4S. The number of hydrogen-bond acceptors (Lipinski definition) is 5. The van der Waals surface area contributed by atoms with E-state index in [-0.39, 0.29) is 10.6 Å². The molecule has 2 aromatic carbocycles. The number of urea groups is 1. The van der Waals surface area contributed by atoms with Gasteiger partial charge >= 0.3 is 6.03 Å². The van der Waals surface area contributed by atoms with Gasteiger partial charge in [-0.05, 0) is 36.8 Å². The SMILES string of the molecule is CCCCNC(=O)NS(=O)(=O)c1ccc(NC(=O)c2n[nH]c3ccccc23)cc1. The number of nitrogens with zero attached hydrogens (tertiary/aromatic N) is 1. The largest absolute Gasteiger partial charge is 0.337 e. The number of benzene rings is 2. The summed E-state index contributed by atoms with van der Waals surface area (Å²) in [6.45, 7) is 2.36. The second-order valence-corrected chi connectivity index (χ2v) is 7.99. The van der Waals surface area contributed by atoms with E-state index < -0.39 is 22.0 Å². The van der Waals surface area contributed by atoms with Gasteiger partial charge in [0, 0.05) is 17.6 Å². The summed E-state index contributed by atoms with van der Waals surface area (Å²) < 4.78 is 26.5. The third kappa shape index (κ3) is 4.91. The molecule has 0 aliphatic rings. The molecule has 0 saturated heterocycles. The summed E-state index contributed by atoms with van der Waals surface area (Å²) >= 11 is 0. The van der Waals surface area contributed by atoms with Crippen LogP contribution in [0, 0.1) is 0 Å². The highest BCUT2D eigenvalue weighted by Crippen LogP contribution is 2.18. The number of unbranched alkanes of at least 4 members (excludes halogenated alkanes) is 1. The van der Waals surface area contributed by atoms with Crippen molar-refractivity contribution in [2.75, 3.05) is 11.9 Å². The van der Waals surface area contributed by atoms with Gasteiger partial charge in [0.25, 0.3) is 15.9 Å². The Kier molecular flexibility index (Phi) is 6.13. The fraction of sp³-hybridized carbons (Fsp3) is 0.211. The number of carbonyl (C=O) groups excluding carboxylic acids is 2. The van der Waals surface area contributed by atoms with E-state index in [1.165, 1.54) is 24.3 Å². The molecule has 9 nitrogen and oxygen atoms in total. The van der Waals surface area contributed by atoms with Gasteiger partial charge < -0.3 is 10.6 Å². The van der Waals surface area contributed by atoms with Gasteiger partial charge in [0.05, 0.1) is 10.4 Å². The monoisotopic (exact) mass is 415 g/mol. The number of fused-ring (bicyclic) bond motifs is 1. The van der Waals surface area contributed by atoms with Gasteiger partial charge in [-0.2, -0.15) is 5.10 Å². The van der Waals surface area contributed by atoms with Gasteiger partial charge in [-0.25, -0.2) is 17.9 Å². The maximum Gasteiger partial charge on any atom is 0.328 e. The minimum atomic E-state index is -4.01. The number of anilines is 1. The van der Waals surface area contributed by atoms with E-state index in [2.05, 4.69) is 20.8 Å². The molecule has 4 N–H and O–H groups in total. The van der Waals surface area contributed by atoms with Crippen molar-refractivity contribution in [2.24, 2.45) is 0 Å². The molecule has 0 saturated carbocycles. The summed E-state index contributed by atoms with van der Waals surface area (Å²) in [6.07, 6.45) is 1.64. The zero-order chi connectivity index (χ0) is 20.9. The number of carbonyl (C=O) groups is 2. The molecule has 0 atom stereocenters. The fourth-order valence-corrected chi connectivity index (χ4v) is 3.57. The molecular weight excluding hydrogens is 394 g/mol. The Labute approximate surface area is 167 Å². The molecule has 3 amide bonds. The van der Waals surface area contributed by atoms with Crippen molar-refractivity contribution >= 4 is 38.6 Å². The summed E-state index contributed by atoms with van der Waals surface area (Å²) in [5.41, 5.74) is 1.37. The summed E-state index contributed by atoms with van der Waals surface area (Å²) in [6, 6.07) is 11.9. The number of para-hydroxylation sites is 1. The highest BCUT2D eigenvalue weighted by Gasteiger charge is 2.18. The van der Waals surface area contributed by atoms with Gasteiger partial charge in [0.2, 0.25) is 0 Å². The Balaban J connectivity index is 1.66. The number of nitrogens with one attached hydrogen (secondary N) is 4. The van der Waals surface area contributed by atoms with Crippen LogP contribution in [-0.4, -0.2) is 37.1 Å². The van der Waals surface area contributed by atoms with Crippen LogP contribution in [0.4, 0.5) is 10.5 Å². The molecule has 10 heteroatoms. The Morgan fingerprint density at radius 3 is 2.52 bits per heavy atom. The molecule has 1 aromatic heterocycles. The van der Waals surface area contributed by atoms with Crippen LogP contribution >= 0.6 is 0 Å². The highest BCUT2D eigenvalue weighted by molar-refractivity contribution is 7.90. The lowest BCUT2D eigenvalue weighted by Crippen LogP contribution is -2.39. The summed E-state index contributed by atoms with van der Waals surface area (Å²) in [7, 11) is -4.01. The predicted octanol–water partition coefficient (Wildman–Crippen LogP) is 2.60. The average molecular weight is 415 g/mol. The van der Waals surface area contributed by atoms with Crippen molar-refractivity contribution in [2.45, 2.75) is 24.7 Å². The molecule has 0 radical (unpaired) electrons. The molecule has 0 bridgehead atoms. The summed E-state index contributed by atoms with van der Waals surface area (Å²) in [5.74, 6) is -0.425. The van der Waals surface area contributed by atoms with Crippen LogP contribution in [0.1, 0.15) is 30.3 Å². The van der Waals surface area contributed by atoms with Crippen molar-refractivity contribution in [1.82, 2.24) is 20.2 Å². The number of H-pyrrole nitrogens is 1. The van der Waals surface area contributed by atoms with Crippen LogP contribution < -0.4 is 15.4 Å². The quantitative estimate of drug-likeness (QED) is 0.440. The number of rotatable bonds is 7. The summed E-state index contributed by atoms with van der Waals surface area (Å²) in [5, 5.41) is 12.6. The third-order valence-corrected chi connectivity index (χ3v) is 5.50. The van der Waals surface area contributed by atoms with E-state index in [4.69, 9.17) is 0 Å². The van der Waals surface area contributed by atoms with Gasteiger partial charge in [-0.3, -0.25) is 9.89 Å². The maximum atomic E-state index is 12.5. The first kappa shape index (κ1) is 20.3. The van der Waals surface area contributed by atoms with Crippen LogP contribution in [0.3, 0.4) is 0 Å². The van der Waals surface area contributed by atoms with Crippen LogP contribution in [0.15, 0.2) is 53.4 Å². The lowest BCUT2D eigenvalue weighted by Gasteiger charge is -2.09. The minimum absolute atomic E-state index is 0.0913. The van der Waals surface area contributed by atoms with E-state index in [1.807, 2.05) is 23.8 Å². The number of sulfonamides is 1. The Hall–Kier alpha value is -3.40. The van der Waals surface area contributed by atoms with Gasteiger partial charge in [-0.15, -0.1) is 0 Å². The molecule has 0 fully saturated rings. The van der Waals surface area contributed by atoms with E-state index in [0.29, 0.717) is 17.6 Å². The topological polar surface area (TPSA) is 133 Å².